The standard InChI is InChI=1S/C18H19FN2O2/c1-13(22)15-6-8-17(9-7-15)20-18(23)12-21(2)11-14-4-3-5-16(19)10-14/h3-10H,11-12H2,1-2H3,(H,20,23)/p+1. The number of amides is 1. The third-order valence-corrected chi connectivity index (χ3v) is 3.43. The maximum Gasteiger partial charge on any atom is 0.279 e. The highest BCUT2D eigenvalue weighted by Crippen LogP contribution is 2.09. The molecule has 0 fully saturated rings. The maximum absolute atomic E-state index is 13.1. The Morgan fingerprint density at radius 3 is 2.43 bits per heavy atom. The average molecular weight is 315 g/mol. The molecule has 2 N–H and O–H groups in total. The Kier molecular flexibility index (Phi) is 5.60. The number of nitrogens with one attached hydrogen (secondary N) is 2. The number of carbonyl (C=O) groups is 2. The SMILES string of the molecule is CC(=O)c1ccc(NC(=O)C[NH+](C)Cc2cccc(F)c2)cc1. The van der Waals surface area contributed by atoms with Gasteiger partial charge in [0.1, 0.15) is 12.4 Å². The Hall–Kier alpha value is -2.53. The summed E-state index contributed by atoms with van der Waals surface area (Å²) in [6.07, 6.45) is 0. The third-order valence-electron chi connectivity index (χ3n) is 3.43. The normalized spacial score (nSPS) is 11.8. The van der Waals surface area contributed by atoms with Crippen molar-refractivity contribution in [1.29, 1.82) is 0 Å². The first-order valence-corrected chi connectivity index (χ1v) is 7.40. The van der Waals surface area contributed by atoms with Gasteiger partial charge < -0.3 is 10.2 Å². The lowest BCUT2D eigenvalue weighted by Crippen LogP contribution is -3.08. The van der Waals surface area contributed by atoms with E-state index in [0.717, 1.165) is 10.5 Å². The van der Waals surface area contributed by atoms with Gasteiger partial charge in [-0.05, 0) is 43.3 Å². The highest BCUT2D eigenvalue weighted by atomic mass is 19.1. The van der Waals surface area contributed by atoms with Crippen molar-refractivity contribution in [2.24, 2.45) is 0 Å². The lowest BCUT2D eigenvalue weighted by Gasteiger charge is -2.14. The minimum absolute atomic E-state index is 0.0119. The van der Waals surface area contributed by atoms with Crippen molar-refractivity contribution < 1.29 is 18.9 Å². The van der Waals surface area contributed by atoms with E-state index >= 15 is 0 Å². The zero-order valence-electron chi connectivity index (χ0n) is 13.2. The van der Waals surface area contributed by atoms with Crippen LogP contribution in [0.2, 0.25) is 0 Å². The number of Topliss-reactive ketones (excluding diaryl/α,β-unsaturated/α-hetero) is 1. The zero-order chi connectivity index (χ0) is 16.8. The van der Waals surface area contributed by atoms with Crippen LogP contribution in [0.3, 0.4) is 0 Å². The summed E-state index contributed by atoms with van der Waals surface area (Å²) >= 11 is 0. The van der Waals surface area contributed by atoms with Crippen LogP contribution in [0, 0.1) is 5.82 Å². The molecule has 5 heteroatoms. The first kappa shape index (κ1) is 16.8. The smallest absolute Gasteiger partial charge is 0.279 e. The second-order valence-electron chi connectivity index (χ2n) is 5.62. The van der Waals surface area contributed by atoms with Gasteiger partial charge in [-0.2, -0.15) is 0 Å². The molecule has 0 radical (unpaired) electrons. The molecule has 2 aromatic rings. The van der Waals surface area contributed by atoms with E-state index in [1.807, 2.05) is 13.1 Å². The van der Waals surface area contributed by atoms with Crippen molar-refractivity contribution in [2.45, 2.75) is 13.5 Å². The molecule has 2 aromatic carbocycles. The van der Waals surface area contributed by atoms with Gasteiger partial charge in [0, 0.05) is 16.8 Å². The summed E-state index contributed by atoms with van der Waals surface area (Å²) in [5, 5.41) is 2.79. The number of hydrogen-bond donors (Lipinski definition) is 2. The second kappa shape index (κ2) is 7.65. The second-order valence-corrected chi connectivity index (χ2v) is 5.62. The molecule has 23 heavy (non-hydrogen) atoms. The molecule has 2 rings (SSSR count). The zero-order valence-corrected chi connectivity index (χ0v) is 13.2. The number of quaternary nitrogens is 1. The molecule has 120 valence electrons. The highest BCUT2D eigenvalue weighted by Gasteiger charge is 2.11. The van der Waals surface area contributed by atoms with Crippen molar-refractivity contribution >= 4 is 17.4 Å². The van der Waals surface area contributed by atoms with E-state index < -0.39 is 0 Å². The van der Waals surface area contributed by atoms with Gasteiger partial charge in [0.25, 0.3) is 5.91 Å². The first-order chi connectivity index (χ1) is 10.9. The van der Waals surface area contributed by atoms with Gasteiger partial charge in [0.15, 0.2) is 12.3 Å². The Morgan fingerprint density at radius 2 is 1.83 bits per heavy atom. The molecule has 0 aromatic heterocycles. The molecule has 1 amide bonds. The Balaban J connectivity index is 1.87. The van der Waals surface area contributed by atoms with E-state index in [1.54, 1.807) is 30.3 Å². The number of ketones is 1. The Morgan fingerprint density at radius 1 is 1.13 bits per heavy atom. The van der Waals surface area contributed by atoms with Gasteiger partial charge in [-0.15, -0.1) is 0 Å². The fraction of sp³-hybridized carbons (Fsp3) is 0.222. The number of anilines is 1. The molecule has 0 saturated heterocycles. The summed E-state index contributed by atoms with van der Waals surface area (Å²) < 4.78 is 13.1. The molecule has 0 aliphatic heterocycles. The molecule has 1 unspecified atom stereocenters. The van der Waals surface area contributed by atoms with Gasteiger partial charge >= 0.3 is 0 Å². The quantitative estimate of drug-likeness (QED) is 0.797. The molecular weight excluding hydrogens is 295 g/mol. The van der Waals surface area contributed by atoms with Crippen LogP contribution in [-0.2, 0) is 11.3 Å². The Labute approximate surface area is 134 Å². The minimum Gasteiger partial charge on any atom is -0.326 e. The fourth-order valence-electron chi connectivity index (χ4n) is 2.33. The lowest BCUT2D eigenvalue weighted by molar-refractivity contribution is -0.885. The van der Waals surface area contributed by atoms with Gasteiger partial charge in [0.2, 0.25) is 0 Å². The van der Waals surface area contributed by atoms with Crippen LogP contribution >= 0.6 is 0 Å². The molecule has 0 saturated carbocycles. The largest absolute Gasteiger partial charge is 0.326 e. The van der Waals surface area contributed by atoms with E-state index in [9.17, 15) is 14.0 Å². The van der Waals surface area contributed by atoms with Gasteiger partial charge in [-0.1, -0.05) is 12.1 Å². The van der Waals surface area contributed by atoms with E-state index in [2.05, 4.69) is 5.32 Å². The van der Waals surface area contributed by atoms with Crippen LogP contribution in [-0.4, -0.2) is 25.3 Å². The number of halogens is 1. The molecule has 0 heterocycles. The summed E-state index contributed by atoms with van der Waals surface area (Å²) in [5.41, 5.74) is 2.11. The monoisotopic (exact) mass is 315 g/mol. The summed E-state index contributed by atoms with van der Waals surface area (Å²) in [6.45, 7) is 2.33. The molecular formula is C18H20FN2O2+. The van der Waals surface area contributed by atoms with Crippen LogP contribution in [0.25, 0.3) is 0 Å². The summed E-state index contributed by atoms with van der Waals surface area (Å²) in [6, 6.07) is 13.1. The molecule has 1 atom stereocenters. The van der Waals surface area contributed by atoms with Crippen molar-refractivity contribution in [2.75, 3.05) is 18.9 Å². The lowest BCUT2D eigenvalue weighted by atomic mass is 10.1. The van der Waals surface area contributed by atoms with Crippen molar-refractivity contribution in [1.82, 2.24) is 0 Å². The van der Waals surface area contributed by atoms with Gasteiger partial charge in [-0.3, -0.25) is 9.59 Å². The number of rotatable bonds is 6. The summed E-state index contributed by atoms with van der Waals surface area (Å²) in [7, 11) is 1.88. The van der Waals surface area contributed by atoms with Crippen molar-refractivity contribution in [3.05, 3.63) is 65.5 Å². The van der Waals surface area contributed by atoms with Crippen LogP contribution in [0.15, 0.2) is 48.5 Å². The molecule has 0 bridgehead atoms. The Bertz CT molecular complexity index is 698. The minimum atomic E-state index is -0.273. The number of hydrogen-bond acceptors (Lipinski definition) is 2. The predicted octanol–water partition coefficient (Wildman–Crippen LogP) is 1.68. The molecule has 0 spiro atoms. The number of benzene rings is 2. The first-order valence-electron chi connectivity index (χ1n) is 7.40. The fourth-order valence-corrected chi connectivity index (χ4v) is 2.33. The predicted molar refractivity (Wildman–Crippen MR) is 86.9 cm³/mol. The summed E-state index contributed by atoms with van der Waals surface area (Å²) in [4.78, 5) is 24.2. The molecule has 4 nitrogen and oxygen atoms in total. The maximum atomic E-state index is 13.1. The van der Waals surface area contributed by atoms with E-state index in [4.69, 9.17) is 0 Å². The summed E-state index contributed by atoms with van der Waals surface area (Å²) in [5.74, 6) is -0.415. The van der Waals surface area contributed by atoms with Gasteiger partial charge in [-0.25, -0.2) is 4.39 Å². The highest BCUT2D eigenvalue weighted by molar-refractivity contribution is 5.95. The molecule has 0 aliphatic carbocycles. The van der Waals surface area contributed by atoms with Gasteiger partial charge in [0.05, 0.1) is 7.05 Å². The average Bonchev–Trinajstić information content (AvgIpc) is 2.47. The number of carbonyl (C=O) groups excluding carboxylic acids is 2. The van der Waals surface area contributed by atoms with Crippen molar-refractivity contribution in [3.8, 4) is 0 Å². The topological polar surface area (TPSA) is 50.6 Å². The van der Waals surface area contributed by atoms with Crippen LogP contribution in [0.5, 0.6) is 0 Å². The third kappa shape index (κ3) is 5.30. The van der Waals surface area contributed by atoms with Crippen LogP contribution < -0.4 is 10.2 Å². The number of likely N-dealkylation sites (N-methyl/N-ethyl adjacent to an activating group) is 1. The van der Waals surface area contributed by atoms with Crippen molar-refractivity contribution in [3.63, 3.8) is 0 Å². The van der Waals surface area contributed by atoms with E-state index in [-0.39, 0.29) is 24.1 Å². The van der Waals surface area contributed by atoms with E-state index in [0.29, 0.717) is 17.8 Å². The van der Waals surface area contributed by atoms with E-state index in [1.165, 1.54) is 19.1 Å². The molecule has 0 aliphatic rings. The van der Waals surface area contributed by atoms with Crippen LogP contribution in [0.4, 0.5) is 10.1 Å². The van der Waals surface area contributed by atoms with Crippen LogP contribution in [0.1, 0.15) is 22.8 Å².